The number of hydrogen-bond donors (Lipinski definition) is 1. The molecule has 1 atom stereocenters. The van der Waals surface area contributed by atoms with Crippen molar-refractivity contribution in [2.24, 2.45) is 5.73 Å². The Morgan fingerprint density at radius 1 is 1.69 bits per heavy atom. The van der Waals surface area contributed by atoms with Crippen molar-refractivity contribution in [2.45, 2.75) is 12.8 Å². The fourth-order valence-electron chi connectivity index (χ4n) is 1.07. The summed E-state index contributed by atoms with van der Waals surface area (Å²) in [6.45, 7) is 1.78. The highest BCUT2D eigenvalue weighted by Crippen LogP contribution is 2.12. The van der Waals surface area contributed by atoms with E-state index < -0.39 is 11.8 Å². The van der Waals surface area contributed by atoms with Crippen molar-refractivity contribution in [2.75, 3.05) is 0 Å². The van der Waals surface area contributed by atoms with Crippen LogP contribution in [0, 0.1) is 6.92 Å². The maximum absolute atomic E-state index is 10.8. The van der Waals surface area contributed by atoms with Crippen LogP contribution in [-0.4, -0.2) is 17.2 Å². The highest BCUT2D eigenvalue weighted by Gasteiger charge is 2.16. The average Bonchev–Trinajstić information content (AvgIpc) is 2.04. The lowest BCUT2D eigenvalue weighted by molar-refractivity contribution is -0.123. The van der Waals surface area contributed by atoms with Crippen molar-refractivity contribution in [1.29, 1.82) is 0 Å². The first-order valence-electron chi connectivity index (χ1n) is 3.82. The van der Waals surface area contributed by atoms with E-state index in [9.17, 15) is 9.59 Å². The van der Waals surface area contributed by atoms with Crippen molar-refractivity contribution in [3.05, 3.63) is 29.6 Å². The second kappa shape index (κ2) is 3.80. The molecule has 0 radical (unpaired) electrons. The van der Waals surface area contributed by atoms with E-state index in [1.807, 2.05) is 0 Å². The summed E-state index contributed by atoms with van der Waals surface area (Å²) in [5, 5.41) is 0. The first-order valence-corrected chi connectivity index (χ1v) is 3.82. The van der Waals surface area contributed by atoms with Gasteiger partial charge in [-0.25, -0.2) is 0 Å². The van der Waals surface area contributed by atoms with Gasteiger partial charge < -0.3 is 10.5 Å². The minimum Gasteiger partial charge on any atom is -0.369 e. The molecule has 1 aromatic rings. The maximum Gasteiger partial charge on any atom is 0.232 e. The van der Waals surface area contributed by atoms with E-state index in [0.717, 1.165) is 5.69 Å². The zero-order valence-corrected chi connectivity index (χ0v) is 7.23. The number of aldehydes is 1. The van der Waals surface area contributed by atoms with Gasteiger partial charge in [0.15, 0.2) is 0 Å². The SMILES string of the molecule is Cc1cc(C(C=O)C(N)=O)ccn1. The number of primary amides is 1. The fourth-order valence-corrected chi connectivity index (χ4v) is 1.07. The molecular weight excluding hydrogens is 168 g/mol. The van der Waals surface area contributed by atoms with E-state index in [2.05, 4.69) is 4.98 Å². The number of nitrogens with zero attached hydrogens (tertiary/aromatic N) is 1. The Morgan fingerprint density at radius 2 is 2.38 bits per heavy atom. The number of carbonyl (C=O) groups is 2. The van der Waals surface area contributed by atoms with Gasteiger partial charge in [0.2, 0.25) is 5.91 Å². The first-order chi connectivity index (χ1) is 6.15. The lowest BCUT2D eigenvalue weighted by Crippen LogP contribution is -2.22. The van der Waals surface area contributed by atoms with Crippen LogP contribution in [0.4, 0.5) is 0 Å². The standard InChI is InChI=1S/C9H10N2O2/c1-6-4-7(2-3-11-6)8(5-12)9(10)13/h2-5,8H,1H3,(H2,10,13). The largest absolute Gasteiger partial charge is 0.369 e. The Hall–Kier alpha value is -1.71. The molecule has 1 unspecified atom stereocenters. The molecule has 68 valence electrons. The molecule has 0 aromatic carbocycles. The van der Waals surface area contributed by atoms with Crippen LogP contribution in [0.3, 0.4) is 0 Å². The number of carbonyl (C=O) groups excluding carboxylic acids is 2. The predicted octanol–water partition coefficient (Wildman–Crippen LogP) is 0.158. The van der Waals surface area contributed by atoms with Crippen LogP contribution >= 0.6 is 0 Å². The van der Waals surface area contributed by atoms with Gasteiger partial charge in [0.1, 0.15) is 12.2 Å². The lowest BCUT2D eigenvalue weighted by atomic mass is 10.0. The van der Waals surface area contributed by atoms with Gasteiger partial charge in [-0.3, -0.25) is 9.78 Å². The molecule has 1 heterocycles. The van der Waals surface area contributed by atoms with Gasteiger partial charge in [0.05, 0.1) is 0 Å². The van der Waals surface area contributed by atoms with E-state index in [-0.39, 0.29) is 0 Å². The topological polar surface area (TPSA) is 73.1 Å². The van der Waals surface area contributed by atoms with Crippen molar-refractivity contribution in [3.8, 4) is 0 Å². The molecule has 0 aliphatic carbocycles. The van der Waals surface area contributed by atoms with E-state index in [1.54, 1.807) is 25.3 Å². The minimum atomic E-state index is -0.860. The molecule has 1 amide bonds. The fraction of sp³-hybridized carbons (Fsp3) is 0.222. The summed E-state index contributed by atoms with van der Waals surface area (Å²) in [7, 11) is 0. The van der Waals surface area contributed by atoms with Crippen molar-refractivity contribution >= 4 is 12.2 Å². The summed E-state index contributed by atoms with van der Waals surface area (Å²) in [5.74, 6) is -1.50. The van der Waals surface area contributed by atoms with Crippen molar-refractivity contribution in [3.63, 3.8) is 0 Å². The van der Waals surface area contributed by atoms with Gasteiger partial charge in [-0.2, -0.15) is 0 Å². The Kier molecular flexibility index (Phi) is 2.74. The smallest absolute Gasteiger partial charge is 0.232 e. The number of aromatic nitrogens is 1. The number of rotatable bonds is 3. The molecule has 0 aliphatic heterocycles. The summed E-state index contributed by atoms with van der Waals surface area (Å²) >= 11 is 0. The first kappa shape index (κ1) is 9.38. The number of aryl methyl sites for hydroxylation is 1. The third kappa shape index (κ3) is 2.11. The third-order valence-corrected chi connectivity index (χ3v) is 1.72. The number of pyridine rings is 1. The van der Waals surface area contributed by atoms with Crippen LogP contribution in [0.2, 0.25) is 0 Å². The van der Waals surface area contributed by atoms with E-state index in [1.165, 1.54) is 0 Å². The quantitative estimate of drug-likeness (QED) is 0.529. The predicted molar refractivity (Wildman–Crippen MR) is 47.0 cm³/mol. The molecule has 4 heteroatoms. The summed E-state index contributed by atoms with van der Waals surface area (Å²) in [5.41, 5.74) is 6.39. The van der Waals surface area contributed by atoms with Gasteiger partial charge in [-0.15, -0.1) is 0 Å². The zero-order chi connectivity index (χ0) is 9.84. The minimum absolute atomic E-state index is 0.539. The van der Waals surface area contributed by atoms with Gasteiger partial charge in [-0.05, 0) is 24.6 Å². The molecule has 0 spiro atoms. The molecule has 13 heavy (non-hydrogen) atoms. The highest BCUT2D eigenvalue weighted by molar-refractivity contribution is 5.96. The summed E-state index contributed by atoms with van der Waals surface area (Å²) in [4.78, 5) is 25.3. The normalized spacial score (nSPS) is 12.1. The van der Waals surface area contributed by atoms with Crippen LogP contribution < -0.4 is 5.73 Å². The van der Waals surface area contributed by atoms with E-state index in [4.69, 9.17) is 5.73 Å². The Labute approximate surface area is 75.8 Å². The Balaban J connectivity index is 3.04. The number of amides is 1. The van der Waals surface area contributed by atoms with E-state index >= 15 is 0 Å². The molecule has 0 bridgehead atoms. The van der Waals surface area contributed by atoms with Crippen LogP contribution in [0.1, 0.15) is 17.2 Å². The molecule has 0 saturated carbocycles. The molecule has 2 N–H and O–H groups in total. The van der Waals surface area contributed by atoms with Crippen molar-refractivity contribution < 1.29 is 9.59 Å². The molecular formula is C9H10N2O2. The molecule has 4 nitrogen and oxygen atoms in total. The summed E-state index contributed by atoms with van der Waals surface area (Å²) in [6.07, 6.45) is 2.08. The van der Waals surface area contributed by atoms with Gasteiger partial charge in [0.25, 0.3) is 0 Å². The molecule has 1 aromatic heterocycles. The zero-order valence-electron chi connectivity index (χ0n) is 7.23. The molecule has 0 aliphatic rings. The van der Waals surface area contributed by atoms with Gasteiger partial charge in [-0.1, -0.05) is 0 Å². The van der Waals surface area contributed by atoms with E-state index in [0.29, 0.717) is 11.8 Å². The monoisotopic (exact) mass is 178 g/mol. The van der Waals surface area contributed by atoms with Crippen LogP contribution in [-0.2, 0) is 9.59 Å². The highest BCUT2D eigenvalue weighted by atomic mass is 16.2. The second-order valence-electron chi connectivity index (χ2n) is 2.75. The Bertz CT molecular complexity index is 336. The van der Waals surface area contributed by atoms with Gasteiger partial charge in [0, 0.05) is 11.9 Å². The lowest BCUT2D eigenvalue weighted by Gasteiger charge is -2.05. The average molecular weight is 178 g/mol. The Morgan fingerprint density at radius 3 is 2.85 bits per heavy atom. The summed E-state index contributed by atoms with van der Waals surface area (Å²) in [6, 6.07) is 3.28. The van der Waals surface area contributed by atoms with Crippen LogP contribution in [0.15, 0.2) is 18.3 Å². The molecule has 1 rings (SSSR count). The number of nitrogens with two attached hydrogens (primary N) is 1. The second-order valence-corrected chi connectivity index (χ2v) is 2.75. The molecule has 0 saturated heterocycles. The van der Waals surface area contributed by atoms with Gasteiger partial charge >= 0.3 is 0 Å². The third-order valence-electron chi connectivity index (χ3n) is 1.72. The maximum atomic E-state index is 10.8. The number of hydrogen-bond acceptors (Lipinski definition) is 3. The van der Waals surface area contributed by atoms with Crippen molar-refractivity contribution in [1.82, 2.24) is 4.98 Å². The van der Waals surface area contributed by atoms with Crippen LogP contribution in [0.25, 0.3) is 0 Å². The van der Waals surface area contributed by atoms with Crippen LogP contribution in [0.5, 0.6) is 0 Å². The summed E-state index contributed by atoms with van der Waals surface area (Å²) < 4.78 is 0. The molecule has 0 fully saturated rings.